The average Bonchev–Trinajstić information content (AvgIpc) is 2.54. The van der Waals surface area contributed by atoms with Crippen LogP contribution in [0, 0.1) is 0 Å². The number of aliphatic hydroxyl groups excluding tert-OH is 1. The molecule has 24 heavy (non-hydrogen) atoms. The monoisotopic (exact) mass is 341 g/mol. The zero-order valence-electron chi connectivity index (χ0n) is 12.3. The first kappa shape index (κ1) is 17.6. The van der Waals surface area contributed by atoms with E-state index in [2.05, 4.69) is 10.1 Å². The zero-order valence-corrected chi connectivity index (χ0v) is 12.3. The number of halogens is 3. The molecule has 128 valence electrons. The van der Waals surface area contributed by atoms with Gasteiger partial charge < -0.3 is 14.6 Å². The van der Waals surface area contributed by atoms with Crippen LogP contribution in [0.5, 0.6) is 5.75 Å². The highest BCUT2D eigenvalue weighted by Crippen LogP contribution is 2.31. The number of aliphatic hydroxyl groups is 1. The predicted octanol–water partition coefficient (Wildman–Crippen LogP) is 3.83. The second-order valence-corrected chi connectivity index (χ2v) is 4.72. The van der Waals surface area contributed by atoms with Crippen molar-refractivity contribution in [3.8, 4) is 5.75 Å². The van der Waals surface area contributed by atoms with Crippen LogP contribution in [0.3, 0.4) is 0 Å². The molecule has 0 fully saturated rings. The van der Waals surface area contributed by atoms with Crippen molar-refractivity contribution in [3.63, 3.8) is 0 Å². The molecule has 0 unspecified atom stereocenters. The number of amides is 1. The zero-order chi connectivity index (χ0) is 17.6. The maximum absolute atomic E-state index is 12.4. The molecule has 0 aliphatic rings. The quantitative estimate of drug-likeness (QED) is 0.867. The third-order valence-corrected chi connectivity index (χ3v) is 2.90. The number of benzene rings is 2. The van der Waals surface area contributed by atoms with Crippen molar-refractivity contribution < 1.29 is 32.5 Å². The summed E-state index contributed by atoms with van der Waals surface area (Å²) in [5.41, 5.74) is 0.718. The second kappa shape index (κ2) is 7.69. The number of hydrogen-bond acceptors (Lipinski definition) is 4. The van der Waals surface area contributed by atoms with Crippen LogP contribution in [0.1, 0.15) is 11.1 Å². The largest absolute Gasteiger partial charge is 0.573 e. The molecule has 0 heterocycles. The molecule has 0 atom stereocenters. The number of hydrogen-bond donors (Lipinski definition) is 2. The summed E-state index contributed by atoms with van der Waals surface area (Å²) < 4.78 is 46.1. The second-order valence-electron chi connectivity index (χ2n) is 4.72. The normalized spacial score (nSPS) is 11.0. The lowest BCUT2D eigenvalue weighted by molar-refractivity contribution is -0.274. The van der Waals surface area contributed by atoms with Crippen molar-refractivity contribution in [2.75, 3.05) is 5.32 Å². The Hall–Kier alpha value is -2.74. The first-order chi connectivity index (χ1) is 11.4. The topological polar surface area (TPSA) is 67.8 Å². The molecule has 0 radical (unpaired) electrons. The third kappa shape index (κ3) is 5.47. The molecule has 0 spiro atoms. The minimum absolute atomic E-state index is 0.0309. The molecular formula is C16H14F3NO4. The van der Waals surface area contributed by atoms with Crippen molar-refractivity contribution in [3.05, 3.63) is 59.7 Å². The number of rotatable bonds is 5. The van der Waals surface area contributed by atoms with Gasteiger partial charge in [0.2, 0.25) is 0 Å². The van der Waals surface area contributed by atoms with Crippen LogP contribution in [0.2, 0.25) is 0 Å². The summed E-state index contributed by atoms with van der Waals surface area (Å²) in [6, 6.07) is 12.3. The molecule has 2 aromatic carbocycles. The van der Waals surface area contributed by atoms with Crippen molar-refractivity contribution in [2.24, 2.45) is 0 Å². The van der Waals surface area contributed by atoms with Crippen LogP contribution in [0.25, 0.3) is 0 Å². The first-order valence-electron chi connectivity index (χ1n) is 6.84. The lowest BCUT2D eigenvalue weighted by Gasteiger charge is -2.15. The lowest BCUT2D eigenvalue weighted by atomic mass is 10.2. The van der Waals surface area contributed by atoms with Crippen molar-refractivity contribution >= 4 is 11.8 Å². The van der Waals surface area contributed by atoms with Gasteiger partial charge in [0.1, 0.15) is 6.61 Å². The molecular weight excluding hydrogens is 327 g/mol. The van der Waals surface area contributed by atoms with Crippen LogP contribution in [-0.2, 0) is 18.0 Å². The van der Waals surface area contributed by atoms with E-state index in [-0.39, 0.29) is 17.9 Å². The summed E-state index contributed by atoms with van der Waals surface area (Å²) in [7, 11) is 0. The van der Waals surface area contributed by atoms with Crippen LogP contribution >= 0.6 is 0 Å². The Morgan fingerprint density at radius 2 is 1.79 bits per heavy atom. The lowest BCUT2D eigenvalue weighted by Crippen LogP contribution is -2.20. The Bertz CT molecular complexity index is 689. The van der Waals surface area contributed by atoms with Gasteiger partial charge in [-0.3, -0.25) is 5.32 Å². The molecule has 0 aliphatic carbocycles. The SMILES string of the molecule is O=C(Nc1ccc(CO)cc1OC(F)(F)F)OCc1ccccc1. The Morgan fingerprint density at radius 1 is 1.08 bits per heavy atom. The maximum Gasteiger partial charge on any atom is 0.573 e. The summed E-state index contributed by atoms with van der Waals surface area (Å²) in [6.45, 7) is -0.496. The molecule has 0 aliphatic heterocycles. The van der Waals surface area contributed by atoms with E-state index in [4.69, 9.17) is 9.84 Å². The number of nitrogens with one attached hydrogen (secondary N) is 1. The Morgan fingerprint density at radius 3 is 2.42 bits per heavy atom. The minimum Gasteiger partial charge on any atom is -0.444 e. The van der Waals surface area contributed by atoms with Gasteiger partial charge in [0.15, 0.2) is 5.75 Å². The molecule has 0 saturated heterocycles. The summed E-state index contributed by atoms with van der Waals surface area (Å²) in [5, 5.41) is 11.2. The van der Waals surface area contributed by atoms with Gasteiger partial charge in [-0.15, -0.1) is 13.2 Å². The highest BCUT2D eigenvalue weighted by atomic mass is 19.4. The van der Waals surface area contributed by atoms with E-state index < -0.39 is 24.8 Å². The third-order valence-electron chi connectivity index (χ3n) is 2.90. The van der Waals surface area contributed by atoms with Crippen molar-refractivity contribution in [1.29, 1.82) is 0 Å². The number of carbonyl (C=O) groups is 1. The average molecular weight is 341 g/mol. The molecule has 5 nitrogen and oxygen atoms in total. The standard InChI is InChI=1S/C16H14F3NO4/c17-16(18,19)24-14-8-12(9-21)6-7-13(14)20-15(22)23-10-11-4-2-1-3-5-11/h1-8,21H,9-10H2,(H,20,22). The van der Waals surface area contributed by atoms with E-state index in [1.165, 1.54) is 12.1 Å². The van der Waals surface area contributed by atoms with Gasteiger partial charge in [-0.1, -0.05) is 36.4 Å². The summed E-state index contributed by atoms with van der Waals surface area (Å²) >= 11 is 0. The van der Waals surface area contributed by atoms with Crippen LogP contribution in [0.4, 0.5) is 23.7 Å². The van der Waals surface area contributed by atoms with E-state index in [0.29, 0.717) is 0 Å². The Labute approximate surface area is 135 Å². The van der Waals surface area contributed by atoms with Crippen LogP contribution in [-0.4, -0.2) is 17.6 Å². The molecule has 0 bridgehead atoms. The van der Waals surface area contributed by atoms with Gasteiger partial charge in [0.25, 0.3) is 0 Å². The number of alkyl halides is 3. The van der Waals surface area contributed by atoms with E-state index in [1.54, 1.807) is 30.3 Å². The number of anilines is 1. The van der Waals surface area contributed by atoms with Gasteiger partial charge in [-0.05, 0) is 23.3 Å². The molecule has 1 amide bonds. The number of ether oxygens (including phenoxy) is 2. The molecule has 2 aromatic rings. The summed E-state index contributed by atoms with van der Waals surface area (Å²) in [4.78, 5) is 11.7. The number of carbonyl (C=O) groups excluding carboxylic acids is 1. The van der Waals surface area contributed by atoms with Gasteiger partial charge in [0, 0.05) is 0 Å². The smallest absolute Gasteiger partial charge is 0.444 e. The highest BCUT2D eigenvalue weighted by molar-refractivity contribution is 5.86. The fourth-order valence-electron chi connectivity index (χ4n) is 1.85. The summed E-state index contributed by atoms with van der Waals surface area (Å²) in [5.74, 6) is -0.634. The van der Waals surface area contributed by atoms with Crippen molar-refractivity contribution in [2.45, 2.75) is 19.6 Å². The fraction of sp³-hybridized carbons (Fsp3) is 0.188. The highest BCUT2D eigenvalue weighted by Gasteiger charge is 2.32. The van der Waals surface area contributed by atoms with E-state index >= 15 is 0 Å². The fourth-order valence-corrected chi connectivity index (χ4v) is 1.85. The summed E-state index contributed by atoms with van der Waals surface area (Å²) in [6.07, 6.45) is -5.86. The van der Waals surface area contributed by atoms with E-state index in [9.17, 15) is 18.0 Å². The molecule has 2 rings (SSSR count). The molecule has 2 N–H and O–H groups in total. The van der Waals surface area contributed by atoms with E-state index in [0.717, 1.165) is 11.6 Å². The van der Waals surface area contributed by atoms with Crippen LogP contribution in [0.15, 0.2) is 48.5 Å². The van der Waals surface area contributed by atoms with Crippen molar-refractivity contribution in [1.82, 2.24) is 0 Å². The minimum atomic E-state index is -4.93. The van der Waals surface area contributed by atoms with Crippen LogP contribution < -0.4 is 10.1 Å². The van der Waals surface area contributed by atoms with Gasteiger partial charge in [-0.25, -0.2) is 4.79 Å². The Balaban J connectivity index is 2.06. The molecule has 0 aromatic heterocycles. The first-order valence-corrected chi connectivity index (χ1v) is 6.84. The maximum atomic E-state index is 12.4. The molecule has 8 heteroatoms. The Kier molecular flexibility index (Phi) is 5.64. The predicted molar refractivity (Wildman–Crippen MR) is 79.3 cm³/mol. The van der Waals surface area contributed by atoms with Gasteiger partial charge in [-0.2, -0.15) is 0 Å². The molecule has 0 saturated carbocycles. The van der Waals surface area contributed by atoms with E-state index in [1.807, 2.05) is 0 Å². The van der Waals surface area contributed by atoms with Gasteiger partial charge >= 0.3 is 12.5 Å². The van der Waals surface area contributed by atoms with Gasteiger partial charge in [0.05, 0.1) is 12.3 Å².